The lowest BCUT2D eigenvalue weighted by Crippen LogP contribution is -2.21. The molecule has 0 aliphatic rings. The third-order valence-electron chi connectivity index (χ3n) is 4.54. The van der Waals surface area contributed by atoms with Gasteiger partial charge in [-0.25, -0.2) is 19.0 Å². The first kappa shape index (κ1) is 24.2. The molecular weight excluding hydrogens is 517 g/mol. The van der Waals surface area contributed by atoms with E-state index in [1.54, 1.807) is 0 Å². The molecule has 0 unspecified atom stereocenters. The maximum atomic E-state index is 14.9. The number of primary amides is 1. The van der Waals surface area contributed by atoms with Gasteiger partial charge in [-0.05, 0) is 30.3 Å². The van der Waals surface area contributed by atoms with Crippen LogP contribution in [-0.4, -0.2) is 30.6 Å². The van der Waals surface area contributed by atoms with Crippen LogP contribution in [0.4, 0.5) is 23.4 Å². The fourth-order valence-electron chi connectivity index (χ4n) is 3.07. The molecule has 0 atom stereocenters. The van der Waals surface area contributed by atoms with E-state index in [-0.39, 0.29) is 27.3 Å². The molecule has 3 aromatic heterocycles. The second-order valence-electron chi connectivity index (χ2n) is 6.78. The van der Waals surface area contributed by atoms with Gasteiger partial charge in [-0.3, -0.25) is 4.79 Å². The number of rotatable bonds is 5. The van der Waals surface area contributed by atoms with Crippen molar-refractivity contribution < 1.29 is 27.1 Å². The largest absolute Gasteiger partial charge is 0.434 e. The number of nitrogens with two attached hydrogens (primary N) is 2. The Kier molecular flexibility index (Phi) is 6.21. The molecule has 4 aromatic rings. The van der Waals surface area contributed by atoms with Crippen molar-refractivity contribution in [2.75, 3.05) is 5.73 Å². The van der Waals surface area contributed by atoms with Gasteiger partial charge in [0.25, 0.3) is 5.91 Å². The molecule has 35 heavy (non-hydrogen) atoms. The second kappa shape index (κ2) is 9.00. The minimum Gasteiger partial charge on any atom is -0.434 e. The van der Waals surface area contributed by atoms with E-state index in [9.17, 15) is 22.4 Å². The summed E-state index contributed by atoms with van der Waals surface area (Å²) >= 11 is 11.9. The first-order valence-electron chi connectivity index (χ1n) is 9.33. The van der Waals surface area contributed by atoms with E-state index in [0.717, 1.165) is 24.5 Å². The Morgan fingerprint density at radius 1 is 1.11 bits per heavy atom. The molecule has 4 N–H and O–H groups in total. The topological polar surface area (TPSA) is 135 Å². The monoisotopic (exact) mass is 527 g/mol. The van der Waals surface area contributed by atoms with Crippen LogP contribution in [0.1, 0.15) is 16.1 Å². The molecule has 4 rings (SSSR count). The van der Waals surface area contributed by atoms with Crippen molar-refractivity contribution in [1.29, 1.82) is 0 Å². The number of halogens is 6. The lowest BCUT2D eigenvalue weighted by Gasteiger charge is -2.11. The van der Waals surface area contributed by atoms with E-state index in [1.165, 1.54) is 18.3 Å². The molecule has 0 saturated carbocycles. The molecule has 1 amide bonds. The summed E-state index contributed by atoms with van der Waals surface area (Å²) in [5.41, 5.74) is 7.53. The van der Waals surface area contributed by atoms with Gasteiger partial charge < -0.3 is 16.2 Å². The number of aromatic nitrogens is 5. The molecular formula is C20H11Cl2F4N7O2. The summed E-state index contributed by atoms with van der Waals surface area (Å²) in [4.78, 5) is 23.3. The molecule has 0 fully saturated rings. The Morgan fingerprint density at radius 3 is 2.49 bits per heavy atom. The molecule has 1 aromatic carbocycles. The summed E-state index contributed by atoms with van der Waals surface area (Å²) in [6.45, 7) is 0. The van der Waals surface area contributed by atoms with Crippen LogP contribution in [-0.2, 0) is 6.18 Å². The Morgan fingerprint density at radius 2 is 1.86 bits per heavy atom. The molecule has 0 saturated heterocycles. The van der Waals surface area contributed by atoms with Crippen molar-refractivity contribution >= 4 is 34.9 Å². The normalized spacial score (nSPS) is 11.5. The van der Waals surface area contributed by atoms with Crippen LogP contribution in [0, 0.1) is 5.82 Å². The Bertz CT molecular complexity index is 1460. The van der Waals surface area contributed by atoms with Gasteiger partial charge in [0, 0.05) is 11.8 Å². The van der Waals surface area contributed by atoms with Crippen LogP contribution in [0.5, 0.6) is 11.6 Å². The number of alkyl halides is 3. The first-order chi connectivity index (χ1) is 16.5. The molecule has 0 spiro atoms. The average molecular weight is 528 g/mol. The predicted octanol–water partition coefficient (Wildman–Crippen LogP) is 4.66. The number of carbonyl (C=O) groups is 1. The van der Waals surface area contributed by atoms with Gasteiger partial charge in [0.1, 0.15) is 22.9 Å². The first-order valence-corrected chi connectivity index (χ1v) is 10.1. The maximum Gasteiger partial charge on any atom is 0.434 e. The highest BCUT2D eigenvalue weighted by Gasteiger charge is 2.43. The number of pyridine rings is 1. The summed E-state index contributed by atoms with van der Waals surface area (Å²) in [6.07, 6.45) is -2.87. The van der Waals surface area contributed by atoms with Crippen molar-refractivity contribution in [2.24, 2.45) is 5.73 Å². The quantitative estimate of drug-likeness (QED) is 0.360. The van der Waals surface area contributed by atoms with Gasteiger partial charge in [0.05, 0.1) is 10.6 Å². The van der Waals surface area contributed by atoms with Gasteiger partial charge >= 0.3 is 6.18 Å². The lowest BCUT2D eigenvalue weighted by molar-refractivity contribution is -0.143. The van der Waals surface area contributed by atoms with Gasteiger partial charge in [0.2, 0.25) is 5.88 Å². The number of nitrogen functional groups attached to an aromatic ring is 1. The number of anilines is 1. The summed E-state index contributed by atoms with van der Waals surface area (Å²) in [6, 6.07) is 5.71. The van der Waals surface area contributed by atoms with Crippen LogP contribution in [0.25, 0.3) is 17.1 Å². The highest BCUT2D eigenvalue weighted by molar-refractivity contribution is 6.34. The minimum absolute atomic E-state index is 0.113. The van der Waals surface area contributed by atoms with Gasteiger partial charge in [-0.1, -0.05) is 23.2 Å². The zero-order valence-corrected chi connectivity index (χ0v) is 18.5. The Balaban J connectivity index is 1.87. The van der Waals surface area contributed by atoms with Crippen molar-refractivity contribution in [3.63, 3.8) is 0 Å². The highest BCUT2D eigenvalue weighted by atomic mass is 35.5. The Labute approximate surface area is 203 Å². The van der Waals surface area contributed by atoms with E-state index in [2.05, 4.69) is 20.1 Å². The molecule has 0 aliphatic carbocycles. The smallest absolute Gasteiger partial charge is 0.434 e. The van der Waals surface area contributed by atoms with Crippen molar-refractivity contribution in [3.05, 3.63) is 70.0 Å². The fourth-order valence-corrected chi connectivity index (χ4v) is 3.41. The van der Waals surface area contributed by atoms with E-state index in [4.69, 9.17) is 39.4 Å². The number of ether oxygens (including phenoxy) is 1. The van der Waals surface area contributed by atoms with Crippen LogP contribution in [0.3, 0.4) is 0 Å². The van der Waals surface area contributed by atoms with Crippen LogP contribution in [0.15, 0.2) is 42.9 Å². The van der Waals surface area contributed by atoms with Crippen LogP contribution < -0.4 is 16.2 Å². The maximum absolute atomic E-state index is 14.9. The van der Waals surface area contributed by atoms with Gasteiger partial charge in [-0.2, -0.15) is 23.3 Å². The number of hydrogen-bond acceptors (Lipinski definition) is 7. The molecule has 180 valence electrons. The number of nitrogens with zero attached hydrogens (tertiary/aromatic N) is 5. The summed E-state index contributed by atoms with van der Waals surface area (Å²) in [5, 5.41) is 3.51. The zero-order chi connectivity index (χ0) is 25.5. The highest BCUT2D eigenvalue weighted by Crippen LogP contribution is 2.40. The molecule has 3 heterocycles. The van der Waals surface area contributed by atoms with E-state index < -0.39 is 46.4 Å². The third kappa shape index (κ3) is 4.55. The minimum atomic E-state index is -5.10. The summed E-state index contributed by atoms with van der Waals surface area (Å²) < 4.78 is 62.5. The molecule has 0 bridgehead atoms. The predicted molar refractivity (Wildman–Crippen MR) is 117 cm³/mol. The standard InChI is InChI=1S/C20H11Cl2F4N7O2/c21-9-2-1-5-29-18(9)33-15(20(24,25)26)12(17(28)34)14(32-33)8-3-4-11(10(23)6-8)35-19-13(22)16(27)30-7-31-19/h1-7H,(H2,28,34)(H2,27,30,31). The summed E-state index contributed by atoms with van der Waals surface area (Å²) in [5.74, 6) is -3.65. The zero-order valence-electron chi connectivity index (χ0n) is 17.0. The Hall–Kier alpha value is -3.97. The van der Waals surface area contributed by atoms with E-state index >= 15 is 0 Å². The number of carbonyl (C=O) groups excluding carboxylic acids is 1. The number of benzene rings is 1. The summed E-state index contributed by atoms with van der Waals surface area (Å²) in [7, 11) is 0. The van der Waals surface area contributed by atoms with Crippen molar-refractivity contribution in [1.82, 2.24) is 24.7 Å². The SMILES string of the molecule is NC(=O)c1c(-c2ccc(Oc3ncnc(N)c3Cl)c(F)c2)nn(-c2ncccc2Cl)c1C(F)(F)F. The van der Waals surface area contributed by atoms with Crippen molar-refractivity contribution in [2.45, 2.75) is 6.18 Å². The number of hydrogen-bond donors (Lipinski definition) is 2. The second-order valence-corrected chi connectivity index (χ2v) is 7.57. The van der Waals surface area contributed by atoms with E-state index in [1.807, 2.05) is 0 Å². The molecule has 15 heteroatoms. The molecule has 9 nitrogen and oxygen atoms in total. The van der Waals surface area contributed by atoms with E-state index in [0.29, 0.717) is 4.68 Å². The lowest BCUT2D eigenvalue weighted by atomic mass is 10.0. The van der Waals surface area contributed by atoms with Gasteiger partial charge in [0.15, 0.2) is 23.1 Å². The van der Waals surface area contributed by atoms with Crippen molar-refractivity contribution in [3.8, 4) is 28.7 Å². The van der Waals surface area contributed by atoms with Gasteiger partial charge in [-0.15, -0.1) is 0 Å². The molecule has 0 aliphatic heterocycles. The van der Waals surface area contributed by atoms with Crippen LogP contribution in [0.2, 0.25) is 10.0 Å². The third-order valence-corrected chi connectivity index (χ3v) is 5.19. The molecule has 0 radical (unpaired) electrons. The average Bonchev–Trinajstić information content (AvgIpc) is 3.20. The van der Waals surface area contributed by atoms with Crippen LogP contribution >= 0.6 is 23.2 Å². The fraction of sp³-hybridized carbons (Fsp3) is 0.0500. The number of amides is 1.